The van der Waals surface area contributed by atoms with Gasteiger partial charge in [-0.3, -0.25) is 4.57 Å². The van der Waals surface area contributed by atoms with E-state index in [0.29, 0.717) is 25.2 Å². The fourth-order valence-electron chi connectivity index (χ4n) is 3.52. The molecule has 0 aromatic carbocycles. The molecule has 2 heterocycles. The van der Waals surface area contributed by atoms with E-state index in [0.717, 1.165) is 0 Å². The molecule has 226 valence electrons. The van der Waals surface area contributed by atoms with Gasteiger partial charge in [-0.1, -0.05) is 62.3 Å². The number of nitrogens with two attached hydrogens (primary N) is 1. The van der Waals surface area contributed by atoms with Gasteiger partial charge < -0.3 is 23.7 Å². The highest BCUT2D eigenvalue weighted by Crippen LogP contribution is 2.42. The average Bonchev–Trinajstić information content (AvgIpc) is 3.10. The number of hydrogen-bond acceptors (Lipinski definition) is 7. The van der Waals surface area contributed by atoms with Crippen LogP contribution in [0.1, 0.15) is 80.5 Å². The van der Waals surface area contributed by atoms with E-state index in [1.807, 2.05) is 0 Å². The molecule has 3 unspecified atom stereocenters. The molecule has 1 saturated heterocycles. The number of hydrogen-bond donors (Lipinski definition) is 1. The van der Waals surface area contributed by atoms with Crippen LogP contribution in [0.2, 0.25) is 54.4 Å². The van der Waals surface area contributed by atoms with Crippen LogP contribution in [0.15, 0.2) is 11.0 Å². The van der Waals surface area contributed by atoms with Gasteiger partial charge in [-0.15, -0.1) is 0 Å². The van der Waals surface area contributed by atoms with Crippen LogP contribution in [0.4, 0.5) is 5.82 Å². The Kier molecular flexibility index (Phi) is 10.1. The maximum absolute atomic E-state index is 13.0. The number of nitrogens with zero attached hydrogens (tertiary/aromatic N) is 2. The number of rotatable bonds is 9. The third-order valence-corrected chi connectivity index (χ3v) is 23.1. The maximum Gasteiger partial charge on any atom is 0.351 e. The second kappa shape index (κ2) is 11.5. The molecule has 0 radical (unpaired) electrons. The normalized spacial score (nSPS) is 22.0. The largest absolute Gasteiger partial charge is 0.414 e. The molecule has 1 fully saturated rings. The summed E-state index contributed by atoms with van der Waals surface area (Å²) in [4.78, 5) is 17.2. The lowest BCUT2D eigenvalue weighted by Crippen LogP contribution is -2.48. The summed E-state index contributed by atoms with van der Waals surface area (Å²) in [6.45, 7) is 34.1. The van der Waals surface area contributed by atoms with E-state index in [-0.39, 0.29) is 33.1 Å². The molecule has 8 nitrogen and oxygen atoms in total. The van der Waals surface area contributed by atoms with E-state index < -0.39 is 36.9 Å². The summed E-state index contributed by atoms with van der Waals surface area (Å²) < 4.78 is 28.0. The monoisotopic (exact) mass is 599 g/mol. The van der Waals surface area contributed by atoms with E-state index in [2.05, 4.69) is 107 Å². The zero-order chi connectivity index (χ0) is 30.4. The molecule has 1 aliphatic heterocycles. The Hall–Kier alpha value is -0.829. The Balaban J connectivity index is 2.37. The number of ether oxygens (including phenoxy) is 1. The molecule has 0 bridgehead atoms. The van der Waals surface area contributed by atoms with E-state index in [1.54, 1.807) is 10.8 Å². The van der Waals surface area contributed by atoms with Crippen molar-refractivity contribution in [2.45, 2.75) is 148 Å². The van der Waals surface area contributed by atoms with Crippen molar-refractivity contribution in [2.24, 2.45) is 0 Å². The van der Waals surface area contributed by atoms with Gasteiger partial charge in [-0.2, -0.15) is 4.98 Å². The van der Waals surface area contributed by atoms with Gasteiger partial charge in [-0.05, 0) is 54.4 Å². The van der Waals surface area contributed by atoms with E-state index in [4.69, 9.17) is 23.7 Å². The van der Waals surface area contributed by atoms with Crippen molar-refractivity contribution in [1.29, 1.82) is 0 Å². The first kappa shape index (κ1) is 34.4. The van der Waals surface area contributed by atoms with Gasteiger partial charge >= 0.3 is 5.69 Å². The Morgan fingerprint density at radius 1 is 0.897 bits per heavy atom. The first-order valence-corrected chi connectivity index (χ1v) is 23.0. The first-order valence-electron chi connectivity index (χ1n) is 14.3. The predicted molar refractivity (Wildman–Crippen MR) is 169 cm³/mol. The Morgan fingerprint density at radius 3 is 1.87 bits per heavy atom. The summed E-state index contributed by atoms with van der Waals surface area (Å²) in [5.41, 5.74) is 6.46. The third kappa shape index (κ3) is 8.14. The SMILES string of the molecule is CC(C)(C)[Si](C)(C)OCc1cn(C2CC(O[Si](C)(C)C(C)(C)C)C(CO[Si](C)(C)C(C)(C)C)O2)c(=O)nc1N. The second-order valence-electron chi connectivity index (χ2n) is 15.7. The standard InChI is InChI=1S/C28H57N3O5Si3/c1-26(2,3)37(10,11)33-18-20-17-31(25(32)30-24(20)29)23-16-21(36-39(14,15)28(7,8)9)22(35-23)19-34-38(12,13)27(4,5)6/h17,21-23H,16,18-19H2,1-15H3,(H2,29,30,32). The summed E-state index contributed by atoms with van der Waals surface area (Å²) >= 11 is 0. The molecular weight excluding hydrogens is 543 g/mol. The van der Waals surface area contributed by atoms with Crippen molar-refractivity contribution in [3.05, 3.63) is 22.2 Å². The van der Waals surface area contributed by atoms with Crippen LogP contribution in [0, 0.1) is 0 Å². The van der Waals surface area contributed by atoms with Crippen LogP contribution >= 0.6 is 0 Å². The topological polar surface area (TPSA) is 97.8 Å². The minimum atomic E-state index is -2.10. The van der Waals surface area contributed by atoms with Crippen LogP contribution in [0.5, 0.6) is 0 Å². The summed E-state index contributed by atoms with van der Waals surface area (Å²) in [5.74, 6) is 0.208. The predicted octanol–water partition coefficient (Wildman–Crippen LogP) is 7.05. The maximum atomic E-state index is 13.0. The Morgan fingerprint density at radius 2 is 1.38 bits per heavy atom. The van der Waals surface area contributed by atoms with E-state index in [9.17, 15) is 4.79 Å². The van der Waals surface area contributed by atoms with E-state index in [1.165, 1.54) is 0 Å². The molecule has 11 heteroatoms. The molecule has 0 aliphatic carbocycles. The summed E-state index contributed by atoms with van der Waals surface area (Å²) in [5, 5.41) is 0.186. The van der Waals surface area contributed by atoms with Crippen molar-refractivity contribution in [3.63, 3.8) is 0 Å². The molecule has 39 heavy (non-hydrogen) atoms. The quantitative estimate of drug-likeness (QED) is 0.304. The molecule has 1 aromatic rings. The zero-order valence-corrected chi connectivity index (χ0v) is 30.4. The highest BCUT2D eigenvalue weighted by Gasteiger charge is 2.47. The van der Waals surface area contributed by atoms with Gasteiger partial charge in [0.1, 0.15) is 18.1 Å². The summed E-state index contributed by atoms with van der Waals surface area (Å²) in [6.07, 6.45) is 1.33. The lowest BCUT2D eigenvalue weighted by atomic mass is 10.2. The fraction of sp³-hybridized carbons (Fsp3) is 0.857. The molecular formula is C28H57N3O5Si3. The molecule has 0 amide bonds. The molecule has 1 aromatic heterocycles. The molecule has 2 N–H and O–H groups in total. The molecule has 0 saturated carbocycles. The van der Waals surface area contributed by atoms with Crippen molar-refractivity contribution >= 4 is 30.8 Å². The van der Waals surface area contributed by atoms with Crippen LogP contribution in [-0.2, 0) is 24.6 Å². The lowest BCUT2D eigenvalue weighted by molar-refractivity contribution is -0.0413. The van der Waals surface area contributed by atoms with Gasteiger partial charge in [0.2, 0.25) is 0 Å². The fourth-order valence-corrected chi connectivity index (χ4v) is 6.84. The zero-order valence-electron chi connectivity index (χ0n) is 27.4. The molecule has 3 atom stereocenters. The number of aromatic nitrogens is 2. The van der Waals surface area contributed by atoms with Crippen molar-refractivity contribution < 1.29 is 18.0 Å². The Bertz CT molecular complexity index is 1050. The third-order valence-electron chi connectivity index (χ3n) is 9.61. The van der Waals surface area contributed by atoms with Gasteiger partial charge in [0.15, 0.2) is 25.0 Å². The average molecular weight is 600 g/mol. The van der Waals surface area contributed by atoms with Crippen LogP contribution in [0.3, 0.4) is 0 Å². The van der Waals surface area contributed by atoms with Crippen molar-refractivity contribution in [1.82, 2.24) is 9.55 Å². The smallest absolute Gasteiger partial charge is 0.351 e. The minimum Gasteiger partial charge on any atom is -0.414 e. The van der Waals surface area contributed by atoms with Gasteiger partial charge in [0, 0.05) is 18.2 Å². The summed E-state index contributed by atoms with van der Waals surface area (Å²) in [6, 6.07) is 0. The minimum absolute atomic E-state index is 0.0454. The Labute approximate surface area is 240 Å². The number of anilines is 1. The lowest BCUT2D eigenvalue weighted by Gasteiger charge is -2.40. The highest BCUT2D eigenvalue weighted by molar-refractivity contribution is 6.74. The van der Waals surface area contributed by atoms with Gasteiger partial charge in [0.25, 0.3) is 0 Å². The van der Waals surface area contributed by atoms with Crippen LogP contribution in [-0.4, -0.2) is 53.3 Å². The first-order chi connectivity index (χ1) is 17.3. The molecule has 2 rings (SSSR count). The van der Waals surface area contributed by atoms with Gasteiger partial charge in [0.05, 0.1) is 19.3 Å². The summed E-state index contributed by atoms with van der Waals surface area (Å²) in [7, 11) is -6.12. The van der Waals surface area contributed by atoms with Crippen molar-refractivity contribution in [3.8, 4) is 0 Å². The van der Waals surface area contributed by atoms with Crippen LogP contribution in [0.25, 0.3) is 0 Å². The number of nitrogen functional groups attached to an aromatic ring is 1. The van der Waals surface area contributed by atoms with E-state index >= 15 is 0 Å². The second-order valence-corrected chi connectivity index (χ2v) is 30.1. The molecule has 0 spiro atoms. The molecule has 1 aliphatic rings. The van der Waals surface area contributed by atoms with Gasteiger partial charge in [-0.25, -0.2) is 4.79 Å². The van der Waals surface area contributed by atoms with Crippen molar-refractivity contribution in [2.75, 3.05) is 12.3 Å². The highest BCUT2D eigenvalue weighted by atomic mass is 28.4. The van der Waals surface area contributed by atoms with Crippen LogP contribution < -0.4 is 11.4 Å².